The minimum absolute atomic E-state index is 0.145. The summed E-state index contributed by atoms with van der Waals surface area (Å²) in [6.07, 6.45) is 3.85. The van der Waals surface area contributed by atoms with Gasteiger partial charge in [-0.2, -0.15) is 8.61 Å². The third kappa shape index (κ3) is 4.57. The van der Waals surface area contributed by atoms with Crippen LogP contribution in [0.25, 0.3) is 11.3 Å². The second kappa shape index (κ2) is 9.63. The van der Waals surface area contributed by atoms with Gasteiger partial charge in [-0.05, 0) is 66.9 Å². The van der Waals surface area contributed by atoms with Gasteiger partial charge < -0.3 is 0 Å². The predicted molar refractivity (Wildman–Crippen MR) is 148 cm³/mol. The maximum Gasteiger partial charge on any atom is 0.243 e. The summed E-state index contributed by atoms with van der Waals surface area (Å²) in [6.45, 7) is 4.58. The molecule has 0 spiro atoms. The Morgan fingerprint density at radius 2 is 1.26 bits per heavy atom. The molecular formula is C29H28N4O4S2. The van der Waals surface area contributed by atoms with Gasteiger partial charge in [0.2, 0.25) is 20.0 Å². The summed E-state index contributed by atoms with van der Waals surface area (Å²) in [5.74, 6) is 0. The zero-order valence-electron chi connectivity index (χ0n) is 21.7. The zero-order valence-corrected chi connectivity index (χ0v) is 23.3. The average molecular weight is 561 g/mol. The number of rotatable bonds is 5. The summed E-state index contributed by atoms with van der Waals surface area (Å²) in [5.41, 5.74) is 6.70. The first-order valence-corrected chi connectivity index (χ1v) is 15.6. The Balaban J connectivity index is 1.43. The van der Waals surface area contributed by atoms with E-state index in [1.807, 2.05) is 26.0 Å². The molecule has 0 N–H and O–H groups in total. The Labute approximate surface area is 229 Å². The minimum atomic E-state index is -3.78. The summed E-state index contributed by atoms with van der Waals surface area (Å²) in [7, 11) is -7.51. The molecule has 200 valence electrons. The van der Waals surface area contributed by atoms with Crippen LogP contribution in [0, 0.1) is 13.8 Å². The quantitative estimate of drug-likeness (QED) is 0.363. The van der Waals surface area contributed by atoms with Crippen LogP contribution in [0.4, 0.5) is 0 Å². The van der Waals surface area contributed by atoms with Crippen molar-refractivity contribution in [1.29, 1.82) is 0 Å². The van der Waals surface area contributed by atoms with Crippen molar-refractivity contribution in [1.82, 2.24) is 18.6 Å². The lowest BCUT2D eigenvalue weighted by Gasteiger charge is -2.29. The Bertz CT molecular complexity index is 1770. The number of pyridine rings is 2. The van der Waals surface area contributed by atoms with Crippen LogP contribution < -0.4 is 0 Å². The molecule has 2 aromatic heterocycles. The molecule has 39 heavy (non-hydrogen) atoms. The smallest absolute Gasteiger partial charge is 0.243 e. The number of nitrogens with zero attached hydrogens (tertiary/aromatic N) is 4. The molecule has 2 aliphatic rings. The summed E-state index contributed by atoms with van der Waals surface area (Å²) < 4.78 is 57.3. The molecule has 0 unspecified atom stereocenters. The number of fused-ring (bicyclic) bond motifs is 3. The van der Waals surface area contributed by atoms with Crippen LogP contribution in [0.2, 0.25) is 0 Å². The molecule has 0 saturated heterocycles. The molecule has 0 amide bonds. The molecule has 6 rings (SSSR count). The van der Waals surface area contributed by atoms with Crippen molar-refractivity contribution >= 4 is 20.0 Å². The van der Waals surface area contributed by atoms with Crippen LogP contribution in [0.1, 0.15) is 33.5 Å². The van der Waals surface area contributed by atoms with E-state index in [-0.39, 0.29) is 29.4 Å². The van der Waals surface area contributed by atoms with Gasteiger partial charge in [-0.1, -0.05) is 35.4 Å². The molecule has 0 radical (unpaired) electrons. The molecule has 0 fully saturated rings. The first-order chi connectivity index (χ1) is 18.6. The lowest BCUT2D eigenvalue weighted by atomic mass is 9.95. The zero-order chi connectivity index (χ0) is 27.4. The molecule has 0 atom stereocenters. The first kappa shape index (κ1) is 25.8. The highest BCUT2D eigenvalue weighted by Gasteiger charge is 2.38. The number of sulfonamides is 2. The van der Waals surface area contributed by atoms with Crippen molar-refractivity contribution in [3.63, 3.8) is 0 Å². The largest absolute Gasteiger partial charge is 0.264 e. The maximum atomic E-state index is 13.7. The van der Waals surface area contributed by atoms with Gasteiger partial charge in [-0.3, -0.25) is 9.97 Å². The first-order valence-electron chi connectivity index (χ1n) is 12.7. The maximum absolute atomic E-state index is 13.7. The molecule has 8 nitrogen and oxygen atoms in total. The molecule has 10 heteroatoms. The van der Waals surface area contributed by atoms with Gasteiger partial charge in [0, 0.05) is 56.3 Å². The summed E-state index contributed by atoms with van der Waals surface area (Å²) in [5, 5.41) is 0. The highest BCUT2D eigenvalue weighted by Crippen LogP contribution is 2.39. The molecular weight excluding hydrogens is 532 g/mol. The van der Waals surface area contributed by atoms with Gasteiger partial charge >= 0.3 is 0 Å². The van der Waals surface area contributed by atoms with Gasteiger partial charge in [-0.15, -0.1) is 0 Å². The second-order valence-corrected chi connectivity index (χ2v) is 13.9. The van der Waals surface area contributed by atoms with E-state index in [1.54, 1.807) is 60.9 Å². The van der Waals surface area contributed by atoms with E-state index in [0.29, 0.717) is 18.7 Å². The van der Waals surface area contributed by atoms with Crippen LogP contribution in [0.15, 0.2) is 82.8 Å². The van der Waals surface area contributed by atoms with E-state index >= 15 is 0 Å². The van der Waals surface area contributed by atoms with E-state index in [2.05, 4.69) is 4.98 Å². The number of hydrogen-bond acceptors (Lipinski definition) is 6. The minimum Gasteiger partial charge on any atom is -0.264 e. The standard InChI is InChI=1S/C29H28N4O4S2/c1-20-5-9-23(10-6-20)38(34,35)32-15-13-28-26(18-32)25-17-33(39(36,37)24-11-7-21(2)8-12-24)19-27(25)29(31-28)22-4-3-14-30-16-22/h3-12,14,16H,13,15,17-19H2,1-2H3. The highest BCUT2D eigenvalue weighted by molar-refractivity contribution is 7.89. The van der Waals surface area contributed by atoms with Gasteiger partial charge in [0.05, 0.1) is 15.5 Å². The average Bonchev–Trinajstić information content (AvgIpc) is 3.40. The van der Waals surface area contributed by atoms with Crippen molar-refractivity contribution in [2.24, 2.45) is 0 Å². The molecule has 2 aromatic carbocycles. The fraction of sp³-hybridized carbons (Fsp3) is 0.241. The second-order valence-electron chi connectivity index (χ2n) is 10.1. The van der Waals surface area contributed by atoms with Gasteiger partial charge in [0.25, 0.3) is 0 Å². The van der Waals surface area contributed by atoms with Gasteiger partial charge in [-0.25, -0.2) is 16.8 Å². The fourth-order valence-corrected chi connectivity index (χ4v) is 8.04. The van der Waals surface area contributed by atoms with Crippen molar-refractivity contribution in [3.8, 4) is 11.3 Å². The third-order valence-corrected chi connectivity index (χ3v) is 11.1. The van der Waals surface area contributed by atoms with Gasteiger partial charge in [0.1, 0.15) is 0 Å². The summed E-state index contributed by atoms with van der Waals surface area (Å²) >= 11 is 0. The highest BCUT2D eigenvalue weighted by atomic mass is 32.2. The lowest BCUT2D eigenvalue weighted by molar-refractivity contribution is 0.384. The topological polar surface area (TPSA) is 101 Å². The van der Waals surface area contributed by atoms with E-state index in [1.165, 1.54) is 8.61 Å². The van der Waals surface area contributed by atoms with Crippen LogP contribution in [0.3, 0.4) is 0 Å². The van der Waals surface area contributed by atoms with Crippen molar-refractivity contribution in [2.45, 2.75) is 49.7 Å². The summed E-state index contributed by atoms with van der Waals surface area (Å²) in [6, 6.07) is 17.4. The molecule has 4 aromatic rings. The van der Waals surface area contributed by atoms with Crippen LogP contribution in [-0.2, 0) is 46.1 Å². The van der Waals surface area contributed by atoms with Crippen LogP contribution >= 0.6 is 0 Å². The van der Waals surface area contributed by atoms with Crippen molar-refractivity contribution < 1.29 is 16.8 Å². The molecule has 0 saturated carbocycles. The number of hydrogen-bond donors (Lipinski definition) is 0. The van der Waals surface area contributed by atoms with Gasteiger partial charge in [0.15, 0.2) is 0 Å². The monoisotopic (exact) mass is 560 g/mol. The Hall–Kier alpha value is -3.44. The lowest BCUT2D eigenvalue weighted by Crippen LogP contribution is -2.37. The van der Waals surface area contributed by atoms with Crippen molar-refractivity contribution in [2.75, 3.05) is 6.54 Å². The third-order valence-electron chi connectivity index (χ3n) is 7.46. The summed E-state index contributed by atoms with van der Waals surface area (Å²) in [4.78, 5) is 9.70. The normalized spacial score (nSPS) is 16.2. The SMILES string of the molecule is Cc1ccc(S(=O)(=O)N2CCc3nc(-c4cccnc4)c4c(c3C2)CN(S(=O)(=O)c2ccc(C)cc2)C4)cc1. The molecule has 4 heterocycles. The number of aryl methyl sites for hydroxylation is 2. The Morgan fingerprint density at radius 1 is 0.692 bits per heavy atom. The van der Waals surface area contributed by atoms with E-state index < -0.39 is 20.0 Å². The molecule has 0 bridgehead atoms. The Kier molecular flexibility index (Phi) is 6.38. The van der Waals surface area contributed by atoms with Crippen molar-refractivity contribution in [3.05, 3.63) is 107 Å². The van der Waals surface area contributed by atoms with Crippen LogP contribution in [-0.4, -0.2) is 42.0 Å². The van der Waals surface area contributed by atoms with E-state index in [9.17, 15) is 16.8 Å². The van der Waals surface area contributed by atoms with Crippen LogP contribution in [0.5, 0.6) is 0 Å². The Morgan fingerprint density at radius 3 is 1.85 bits per heavy atom. The molecule has 0 aliphatic carbocycles. The molecule has 2 aliphatic heterocycles. The number of aromatic nitrogens is 2. The number of benzene rings is 2. The van der Waals surface area contributed by atoms with E-state index in [4.69, 9.17) is 4.98 Å². The van der Waals surface area contributed by atoms with E-state index in [0.717, 1.165) is 39.1 Å². The fourth-order valence-electron chi connectivity index (χ4n) is 5.25. The predicted octanol–water partition coefficient (Wildman–Crippen LogP) is 4.21.